The molecule has 0 amide bonds. The highest BCUT2D eigenvalue weighted by molar-refractivity contribution is 9.10. The summed E-state index contributed by atoms with van der Waals surface area (Å²) in [6.45, 7) is 0. The van der Waals surface area contributed by atoms with Crippen molar-refractivity contribution < 1.29 is 13.7 Å². The minimum absolute atomic E-state index is 0.0239. The van der Waals surface area contributed by atoms with Crippen LogP contribution < -0.4 is 5.73 Å². The number of benzene rings is 1. The molecular formula is C11H6BrF2N3O2. The molecule has 1 aromatic heterocycles. The molecular weight excluding hydrogens is 324 g/mol. The summed E-state index contributed by atoms with van der Waals surface area (Å²) in [4.78, 5) is 13.7. The van der Waals surface area contributed by atoms with Crippen molar-refractivity contribution in [1.82, 2.24) is 4.98 Å². The van der Waals surface area contributed by atoms with E-state index >= 15 is 0 Å². The summed E-state index contributed by atoms with van der Waals surface area (Å²) in [5.74, 6) is -1.97. The summed E-state index contributed by atoms with van der Waals surface area (Å²) in [6, 6.07) is 4.19. The van der Waals surface area contributed by atoms with Gasteiger partial charge in [-0.2, -0.15) is 0 Å². The normalized spacial score (nSPS) is 10.5. The summed E-state index contributed by atoms with van der Waals surface area (Å²) in [5.41, 5.74) is 4.31. The van der Waals surface area contributed by atoms with Crippen LogP contribution in [0, 0.1) is 21.7 Å². The van der Waals surface area contributed by atoms with Crippen molar-refractivity contribution >= 4 is 27.4 Å². The Morgan fingerprint density at radius 1 is 1.32 bits per heavy atom. The maximum Gasteiger partial charge on any atom is 0.275 e. The van der Waals surface area contributed by atoms with E-state index in [1.807, 2.05) is 0 Å². The molecule has 0 aliphatic carbocycles. The number of hydrogen-bond acceptors (Lipinski definition) is 4. The summed E-state index contributed by atoms with van der Waals surface area (Å²) in [5, 5.41) is 10.7. The van der Waals surface area contributed by atoms with Gasteiger partial charge in [-0.05, 0) is 28.1 Å². The van der Waals surface area contributed by atoms with E-state index in [1.54, 1.807) is 0 Å². The molecule has 19 heavy (non-hydrogen) atoms. The Morgan fingerprint density at radius 3 is 2.63 bits per heavy atom. The van der Waals surface area contributed by atoms with E-state index in [0.717, 1.165) is 18.2 Å². The molecule has 0 aliphatic rings. The molecule has 0 unspecified atom stereocenters. The van der Waals surface area contributed by atoms with Crippen LogP contribution in [0.1, 0.15) is 0 Å². The van der Waals surface area contributed by atoms with Gasteiger partial charge in [0.15, 0.2) is 0 Å². The first-order valence-electron chi connectivity index (χ1n) is 4.96. The van der Waals surface area contributed by atoms with E-state index < -0.39 is 22.1 Å². The van der Waals surface area contributed by atoms with Gasteiger partial charge in [0.1, 0.15) is 17.5 Å². The van der Waals surface area contributed by atoms with Crippen LogP contribution in [0.15, 0.2) is 28.7 Å². The Morgan fingerprint density at radius 2 is 2.00 bits per heavy atom. The van der Waals surface area contributed by atoms with Crippen molar-refractivity contribution in [2.45, 2.75) is 0 Å². The van der Waals surface area contributed by atoms with Crippen LogP contribution in [0.3, 0.4) is 0 Å². The van der Waals surface area contributed by atoms with Gasteiger partial charge < -0.3 is 5.73 Å². The van der Waals surface area contributed by atoms with E-state index in [0.29, 0.717) is 0 Å². The van der Waals surface area contributed by atoms with Crippen LogP contribution in [0.25, 0.3) is 11.3 Å². The van der Waals surface area contributed by atoms with Crippen molar-refractivity contribution in [3.63, 3.8) is 0 Å². The van der Waals surface area contributed by atoms with E-state index in [1.165, 1.54) is 6.07 Å². The molecule has 2 N–H and O–H groups in total. The highest BCUT2D eigenvalue weighted by Gasteiger charge is 2.19. The van der Waals surface area contributed by atoms with Crippen LogP contribution in [-0.4, -0.2) is 9.91 Å². The molecule has 0 saturated heterocycles. The maximum absolute atomic E-state index is 13.9. The third kappa shape index (κ3) is 2.53. The second kappa shape index (κ2) is 4.88. The third-order valence-electron chi connectivity index (χ3n) is 2.34. The number of pyridine rings is 1. The lowest BCUT2D eigenvalue weighted by atomic mass is 10.1. The second-order valence-electron chi connectivity index (χ2n) is 3.61. The first-order chi connectivity index (χ1) is 8.90. The van der Waals surface area contributed by atoms with Crippen molar-refractivity contribution in [3.05, 3.63) is 50.5 Å². The fourth-order valence-corrected chi connectivity index (χ4v) is 1.86. The zero-order chi connectivity index (χ0) is 14.2. The summed E-state index contributed by atoms with van der Waals surface area (Å²) in [7, 11) is 0. The molecule has 0 fully saturated rings. The largest absolute Gasteiger partial charge is 0.383 e. The lowest BCUT2D eigenvalue weighted by Crippen LogP contribution is -1.99. The number of rotatable bonds is 2. The Hall–Kier alpha value is -2.09. The smallest absolute Gasteiger partial charge is 0.275 e. The SMILES string of the molecule is Nc1cc([N+](=O)[O-])cc(-c2c(F)ccc(Br)c2F)n1. The number of hydrogen-bond donors (Lipinski definition) is 1. The van der Waals surface area contributed by atoms with Gasteiger partial charge in [-0.25, -0.2) is 13.8 Å². The molecule has 8 heteroatoms. The Bertz CT molecular complexity index is 679. The number of halogens is 3. The molecule has 0 bridgehead atoms. The lowest BCUT2D eigenvalue weighted by molar-refractivity contribution is -0.384. The van der Waals surface area contributed by atoms with Gasteiger partial charge in [0.05, 0.1) is 26.7 Å². The molecule has 2 rings (SSSR count). The van der Waals surface area contributed by atoms with Gasteiger partial charge in [-0.1, -0.05) is 0 Å². The van der Waals surface area contributed by atoms with Gasteiger partial charge in [-0.15, -0.1) is 0 Å². The van der Waals surface area contributed by atoms with Gasteiger partial charge in [0, 0.05) is 6.07 Å². The highest BCUT2D eigenvalue weighted by atomic mass is 79.9. The summed E-state index contributed by atoms with van der Waals surface area (Å²) >= 11 is 2.91. The molecule has 0 aliphatic heterocycles. The van der Waals surface area contributed by atoms with Gasteiger partial charge in [0.25, 0.3) is 5.69 Å². The number of nitrogens with zero attached hydrogens (tertiary/aromatic N) is 2. The Kier molecular flexibility index (Phi) is 3.43. The molecule has 2 aromatic rings. The number of nitro groups is 1. The summed E-state index contributed by atoms with van der Waals surface area (Å²) in [6.07, 6.45) is 0. The molecule has 0 spiro atoms. The van der Waals surface area contributed by atoms with E-state index in [-0.39, 0.29) is 21.7 Å². The lowest BCUT2D eigenvalue weighted by Gasteiger charge is -2.06. The highest BCUT2D eigenvalue weighted by Crippen LogP contribution is 2.31. The minimum atomic E-state index is -0.896. The second-order valence-corrected chi connectivity index (χ2v) is 4.47. The van der Waals surface area contributed by atoms with Crippen molar-refractivity contribution in [1.29, 1.82) is 0 Å². The topological polar surface area (TPSA) is 82.0 Å². The molecule has 1 aromatic carbocycles. The van der Waals surface area contributed by atoms with Crippen LogP contribution in [0.4, 0.5) is 20.3 Å². The van der Waals surface area contributed by atoms with E-state index in [4.69, 9.17) is 5.73 Å². The standard InChI is InChI=1S/C11H6BrF2N3O2/c12-6-1-2-7(13)10(11(6)14)8-3-5(17(18)19)4-9(15)16-8/h1-4H,(H2,15,16). The van der Waals surface area contributed by atoms with E-state index in [2.05, 4.69) is 20.9 Å². The van der Waals surface area contributed by atoms with Crippen LogP contribution >= 0.6 is 15.9 Å². The van der Waals surface area contributed by atoms with Crippen molar-refractivity contribution in [3.8, 4) is 11.3 Å². The zero-order valence-corrected chi connectivity index (χ0v) is 10.8. The maximum atomic E-state index is 13.9. The first-order valence-corrected chi connectivity index (χ1v) is 5.75. The van der Waals surface area contributed by atoms with Crippen LogP contribution in [-0.2, 0) is 0 Å². The Labute approximate surface area is 114 Å². The fraction of sp³-hybridized carbons (Fsp3) is 0. The average Bonchev–Trinajstić information content (AvgIpc) is 2.34. The fourth-order valence-electron chi connectivity index (χ4n) is 1.53. The number of nitrogen functional groups attached to an aromatic ring is 1. The van der Waals surface area contributed by atoms with Gasteiger partial charge in [-0.3, -0.25) is 10.1 Å². The molecule has 0 radical (unpaired) electrons. The number of aromatic nitrogens is 1. The summed E-state index contributed by atoms with van der Waals surface area (Å²) < 4.78 is 27.6. The minimum Gasteiger partial charge on any atom is -0.383 e. The first kappa shape index (κ1) is 13.3. The van der Waals surface area contributed by atoms with Crippen LogP contribution in [0.2, 0.25) is 0 Å². The van der Waals surface area contributed by atoms with Crippen molar-refractivity contribution in [2.24, 2.45) is 0 Å². The predicted molar refractivity (Wildman–Crippen MR) is 68.4 cm³/mol. The zero-order valence-electron chi connectivity index (χ0n) is 9.23. The monoisotopic (exact) mass is 329 g/mol. The van der Waals surface area contributed by atoms with E-state index in [9.17, 15) is 18.9 Å². The molecule has 98 valence electrons. The average molecular weight is 330 g/mol. The molecule has 0 saturated carbocycles. The Balaban J connectivity index is 2.72. The molecule has 5 nitrogen and oxygen atoms in total. The predicted octanol–water partition coefficient (Wildman–Crippen LogP) is 3.28. The van der Waals surface area contributed by atoms with Gasteiger partial charge >= 0.3 is 0 Å². The van der Waals surface area contributed by atoms with Gasteiger partial charge in [0.2, 0.25) is 0 Å². The quantitative estimate of drug-likeness (QED) is 0.520. The third-order valence-corrected chi connectivity index (χ3v) is 2.95. The molecule has 0 atom stereocenters. The van der Waals surface area contributed by atoms with Crippen molar-refractivity contribution in [2.75, 3.05) is 5.73 Å². The number of nitrogens with two attached hydrogens (primary N) is 1. The van der Waals surface area contributed by atoms with Crippen LogP contribution in [0.5, 0.6) is 0 Å². The molecule has 1 heterocycles. The number of anilines is 1.